The molecule has 0 aliphatic heterocycles. The lowest BCUT2D eigenvalue weighted by Crippen LogP contribution is -2.15. The molecule has 0 unspecified atom stereocenters. The lowest BCUT2D eigenvalue weighted by Gasteiger charge is -2.07. The van der Waals surface area contributed by atoms with Gasteiger partial charge in [0.05, 0.1) is 5.69 Å². The predicted octanol–water partition coefficient (Wildman–Crippen LogP) is 2.13. The fourth-order valence-corrected chi connectivity index (χ4v) is 1.70. The van der Waals surface area contributed by atoms with E-state index in [4.69, 9.17) is 5.73 Å². The number of aromatic nitrogens is 2. The van der Waals surface area contributed by atoms with Crippen LogP contribution < -0.4 is 11.1 Å². The SMILES string of the molecule is Cc1ccc(-c2cc(C)nc(NCCN)n2)cc1. The zero-order valence-electron chi connectivity index (χ0n) is 10.8. The Labute approximate surface area is 107 Å². The molecule has 3 N–H and O–H groups in total. The number of benzene rings is 1. The van der Waals surface area contributed by atoms with E-state index in [2.05, 4.69) is 46.5 Å². The third kappa shape index (κ3) is 3.05. The van der Waals surface area contributed by atoms with E-state index in [0.29, 0.717) is 19.0 Å². The van der Waals surface area contributed by atoms with E-state index in [0.717, 1.165) is 17.0 Å². The molecule has 0 spiro atoms. The van der Waals surface area contributed by atoms with Crippen LogP contribution in [0.4, 0.5) is 5.95 Å². The summed E-state index contributed by atoms with van der Waals surface area (Å²) in [5, 5.41) is 3.11. The summed E-state index contributed by atoms with van der Waals surface area (Å²) in [5.41, 5.74) is 9.68. The molecule has 0 saturated heterocycles. The van der Waals surface area contributed by atoms with E-state index in [1.807, 2.05) is 13.0 Å². The van der Waals surface area contributed by atoms with Crippen molar-refractivity contribution in [2.24, 2.45) is 5.73 Å². The van der Waals surface area contributed by atoms with Gasteiger partial charge in [-0.15, -0.1) is 0 Å². The minimum atomic E-state index is 0.567. The first-order chi connectivity index (χ1) is 8.69. The number of rotatable bonds is 4. The van der Waals surface area contributed by atoms with Crippen LogP contribution in [0.2, 0.25) is 0 Å². The van der Waals surface area contributed by atoms with Crippen LogP contribution in [-0.4, -0.2) is 23.1 Å². The summed E-state index contributed by atoms with van der Waals surface area (Å²) in [6.45, 7) is 5.28. The maximum Gasteiger partial charge on any atom is 0.223 e. The molecule has 0 bridgehead atoms. The van der Waals surface area contributed by atoms with Gasteiger partial charge < -0.3 is 11.1 Å². The Morgan fingerprint density at radius 3 is 2.50 bits per heavy atom. The summed E-state index contributed by atoms with van der Waals surface area (Å²) in [7, 11) is 0. The molecule has 4 heteroatoms. The van der Waals surface area contributed by atoms with Crippen LogP contribution in [0.25, 0.3) is 11.3 Å². The number of nitrogens with one attached hydrogen (secondary N) is 1. The van der Waals surface area contributed by atoms with Crippen molar-refractivity contribution in [2.75, 3.05) is 18.4 Å². The van der Waals surface area contributed by atoms with Gasteiger partial charge in [-0.2, -0.15) is 0 Å². The van der Waals surface area contributed by atoms with E-state index in [9.17, 15) is 0 Å². The van der Waals surface area contributed by atoms with E-state index in [1.54, 1.807) is 0 Å². The minimum absolute atomic E-state index is 0.567. The van der Waals surface area contributed by atoms with Gasteiger partial charge >= 0.3 is 0 Å². The second-order valence-corrected chi connectivity index (χ2v) is 4.30. The first-order valence-corrected chi connectivity index (χ1v) is 6.05. The van der Waals surface area contributed by atoms with Gasteiger partial charge in [-0.1, -0.05) is 29.8 Å². The molecule has 0 amide bonds. The molecule has 1 aromatic carbocycles. The first-order valence-electron chi connectivity index (χ1n) is 6.05. The highest BCUT2D eigenvalue weighted by atomic mass is 15.1. The van der Waals surface area contributed by atoms with Crippen molar-refractivity contribution >= 4 is 5.95 Å². The molecule has 2 aromatic rings. The maximum absolute atomic E-state index is 5.46. The molecule has 1 aromatic heterocycles. The quantitative estimate of drug-likeness (QED) is 0.862. The van der Waals surface area contributed by atoms with Gasteiger partial charge in [0.25, 0.3) is 0 Å². The van der Waals surface area contributed by atoms with Crippen molar-refractivity contribution in [3.63, 3.8) is 0 Å². The summed E-state index contributed by atoms with van der Waals surface area (Å²) >= 11 is 0. The average molecular weight is 242 g/mol. The Kier molecular flexibility index (Phi) is 3.89. The Balaban J connectivity index is 2.32. The molecular weight excluding hydrogens is 224 g/mol. The summed E-state index contributed by atoms with van der Waals surface area (Å²) < 4.78 is 0. The van der Waals surface area contributed by atoms with E-state index < -0.39 is 0 Å². The number of hydrogen-bond donors (Lipinski definition) is 2. The molecular formula is C14H18N4. The summed E-state index contributed by atoms with van der Waals surface area (Å²) in [6.07, 6.45) is 0. The van der Waals surface area contributed by atoms with Gasteiger partial charge in [0.1, 0.15) is 0 Å². The molecule has 2 rings (SSSR count). The van der Waals surface area contributed by atoms with Crippen molar-refractivity contribution in [3.05, 3.63) is 41.6 Å². The zero-order chi connectivity index (χ0) is 13.0. The highest BCUT2D eigenvalue weighted by Gasteiger charge is 2.04. The fourth-order valence-electron chi connectivity index (χ4n) is 1.70. The van der Waals surface area contributed by atoms with Crippen LogP contribution in [0.1, 0.15) is 11.3 Å². The number of nitrogens with two attached hydrogens (primary N) is 1. The number of hydrogen-bond acceptors (Lipinski definition) is 4. The van der Waals surface area contributed by atoms with Crippen molar-refractivity contribution in [3.8, 4) is 11.3 Å². The number of anilines is 1. The van der Waals surface area contributed by atoms with Gasteiger partial charge in [0.15, 0.2) is 0 Å². The number of nitrogens with zero attached hydrogens (tertiary/aromatic N) is 2. The predicted molar refractivity (Wildman–Crippen MR) is 74.5 cm³/mol. The highest BCUT2D eigenvalue weighted by Crippen LogP contribution is 2.19. The smallest absolute Gasteiger partial charge is 0.223 e. The average Bonchev–Trinajstić information content (AvgIpc) is 2.36. The second-order valence-electron chi connectivity index (χ2n) is 4.30. The van der Waals surface area contributed by atoms with E-state index >= 15 is 0 Å². The maximum atomic E-state index is 5.46. The largest absolute Gasteiger partial charge is 0.353 e. The number of aryl methyl sites for hydroxylation is 2. The van der Waals surface area contributed by atoms with Crippen LogP contribution in [0.5, 0.6) is 0 Å². The van der Waals surface area contributed by atoms with Gasteiger partial charge in [-0.3, -0.25) is 0 Å². The summed E-state index contributed by atoms with van der Waals surface area (Å²) in [5.74, 6) is 0.635. The highest BCUT2D eigenvalue weighted by molar-refractivity contribution is 5.61. The zero-order valence-corrected chi connectivity index (χ0v) is 10.8. The summed E-state index contributed by atoms with van der Waals surface area (Å²) in [4.78, 5) is 8.83. The third-order valence-corrected chi connectivity index (χ3v) is 2.63. The van der Waals surface area contributed by atoms with Crippen LogP contribution in [0, 0.1) is 13.8 Å². The van der Waals surface area contributed by atoms with Crippen molar-refractivity contribution in [1.29, 1.82) is 0 Å². The third-order valence-electron chi connectivity index (χ3n) is 2.63. The Morgan fingerprint density at radius 2 is 1.83 bits per heavy atom. The molecule has 1 heterocycles. The molecule has 0 aliphatic rings. The Bertz CT molecular complexity index is 520. The van der Waals surface area contributed by atoms with Gasteiger partial charge in [0, 0.05) is 24.3 Å². The topological polar surface area (TPSA) is 63.8 Å². The van der Waals surface area contributed by atoms with Crippen LogP contribution in [0.15, 0.2) is 30.3 Å². The standard InChI is InChI=1S/C14H18N4/c1-10-3-5-12(6-4-10)13-9-11(2)17-14(18-13)16-8-7-15/h3-6,9H,7-8,15H2,1-2H3,(H,16,17,18). The van der Waals surface area contributed by atoms with Crippen molar-refractivity contribution in [1.82, 2.24) is 9.97 Å². The fraction of sp³-hybridized carbons (Fsp3) is 0.286. The first kappa shape index (κ1) is 12.5. The van der Waals surface area contributed by atoms with Gasteiger partial charge in [-0.05, 0) is 19.9 Å². The Morgan fingerprint density at radius 1 is 1.11 bits per heavy atom. The lowest BCUT2D eigenvalue weighted by molar-refractivity contribution is 0.981. The van der Waals surface area contributed by atoms with Crippen molar-refractivity contribution in [2.45, 2.75) is 13.8 Å². The van der Waals surface area contributed by atoms with Crippen molar-refractivity contribution < 1.29 is 0 Å². The molecule has 0 fully saturated rings. The second kappa shape index (κ2) is 5.60. The van der Waals surface area contributed by atoms with Crippen LogP contribution in [-0.2, 0) is 0 Å². The van der Waals surface area contributed by atoms with Crippen LogP contribution in [0.3, 0.4) is 0 Å². The monoisotopic (exact) mass is 242 g/mol. The molecule has 0 atom stereocenters. The summed E-state index contributed by atoms with van der Waals surface area (Å²) in [6, 6.07) is 10.3. The molecule has 0 radical (unpaired) electrons. The van der Waals surface area contributed by atoms with Crippen LogP contribution >= 0.6 is 0 Å². The lowest BCUT2D eigenvalue weighted by atomic mass is 10.1. The van der Waals surface area contributed by atoms with Gasteiger partial charge in [0.2, 0.25) is 5.95 Å². The Hall–Kier alpha value is -1.94. The molecule has 0 aliphatic carbocycles. The molecule has 0 saturated carbocycles. The van der Waals surface area contributed by atoms with E-state index in [-0.39, 0.29) is 0 Å². The molecule has 18 heavy (non-hydrogen) atoms. The molecule has 94 valence electrons. The minimum Gasteiger partial charge on any atom is -0.353 e. The molecule has 4 nitrogen and oxygen atoms in total. The van der Waals surface area contributed by atoms with E-state index in [1.165, 1.54) is 5.56 Å². The van der Waals surface area contributed by atoms with Gasteiger partial charge in [-0.25, -0.2) is 9.97 Å². The normalized spacial score (nSPS) is 10.4.